The van der Waals surface area contributed by atoms with Crippen molar-refractivity contribution in [2.24, 2.45) is 5.92 Å². The van der Waals surface area contributed by atoms with Gasteiger partial charge < -0.3 is 19.5 Å². The van der Waals surface area contributed by atoms with Crippen LogP contribution in [0.3, 0.4) is 0 Å². The number of ketones is 1. The molecule has 0 heterocycles. The molecule has 0 amide bonds. The number of hydrogen-bond acceptors (Lipinski definition) is 5. The third-order valence-electron chi connectivity index (χ3n) is 2.98. The second-order valence-corrected chi connectivity index (χ2v) is 5.16. The standard InChI is InChI=1S/C15H31NO4/c1-5-14(4)16-6-7-18-8-9-19-10-11-20-12-15(17)13(2)3/h13-14,16H,5-12H2,1-4H3. The molecule has 5 heteroatoms. The van der Waals surface area contributed by atoms with Gasteiger partial charge in [0.15, 0.2) is 5.78 Å². The largest absolute Gasteiger partial charge is 0.378 e. The second-order valence-electron chi connectivity index (χ2n) is 5.16. The van der Waals surface area contributed by atoms with Crippen LogP contribution >= 0.6 is 0 Å². The number of nitrogens with one attached hydrogen (secondary N) is 1. The Hall–Kier alpha value is -0.490. The summed E-state index contributed by atoms with van der Waals surface area (Å²) in [5.41, 5.74) is 0. The van der Waals surface area contributed by atoms with Crippen molar-refractivity contribution < 1.29 is 19.0 Å². The van der Waals surface area contributed by atoms with Crippen molar-refractivity contribution in [2.45, 2.75) is 40.2 Å². The van der Waals surface area contributed by atoms with Crippen LogP contribution in [0.1, 0.15) is 34.1 Å². The Bertz CT molecular complexity index is 234. The molecule has 0 saturated heterocycles. The van der Waals surface area contributed by atoms with Gasteiger partial charge in [0.2, 0.25) is 0 Å². The molecular formula is C15H31NO4. The highest BCUT2D eigenvalue weighted by Crippen LogP contribution is 1.94. The minimum Gasteiger partial charge on any atom is -0.378 e. The Morgan fingerprint density at radius 3 is 2.05 bits per heavy atom. The highest BCUT2D eigenvalue weighted by molar-refractivity contribution is 5.81. The zero-order valence-electron chi connectivity index (χ0n) is 13.4. The minimum atomic E-state index is 0.0355. The van der Waals surface area contributed by atoms with Crippen LogP contribution in [0.2, 0.25) is 0 Å². The highest BCUT2D eigenvalue weighted by atomic mass is 16.5. The molecule has 0 fully saturated rings. The maximum Gasteiger partial charge on any atom is 0.160 e. The van der Waals surface area contributed by atoms with E-state index in [4.69, 9.17) is 14.2 Å². The lowest BCUT2D eigenvalue weighted by Crippen LogP contribution is -2.29. The Balaban J connectivity index is 3.12. The summed E-state index contributed by atoms with van der Waals surface area (Å²) in [6, 6.07) is 0.542. The molecule has 0 bridgehead atoms. The van der Waals surface area contributed by atoms with Crippen molar-refractivity contribution in [3.63, 3.8) is 0 Å². The van der Waals surface area contributed by atoms with Crippen LogP contribution in [0.25, 0.3) is 0 Å². The molecule has 5 nitrogen and oxygen atoms in total. The van der Waals surface area contributed by atoms with Crippen molar-refractivity contribution in [1.29, 1.82) is 0 Å². The zero-order chi connectivity index (χ0) is 15.2. The molecule has 0 aromatic rings. The summed E-state index contributed by atoms with van der Waals surface area (Å²) in [5.74, 6) is 0.162. The Morgan fingerprint density at radius 2 is 1.50 bits per heavy atom. The molecule has 1 atom stereocenters. The summed E-state index contributed by atoms with van der Waals surface area (Å²) in [5, 5.41) is 3.35. The van der Waals surface area contributed by atoms with Crippen LogP contribution in [0.15, 0.2) is 0 Å². The molecule has 0 aliphatic rings. The fraction of sp³-hybridized carbons (Fsp3) is 0.933. The van der Waals surface area contributed by atoms with Crippen molar-refractivity contribution >= 4 is 5.78 Å². The first-order chi connectivity index (χ1) is 9.57. The summed E-state index contributed by atoms with van der Waals surface area (Å²) in [6.45, 7) is 11.9. The van der Waals surface area contributed by atoms with Gasteiger partial charge in [-0.15, -0.1) is 0 Å². The summed E-state index contributed by atoms with van der Waals surface area (Å²) in [7, 11) is 0. The summed E-state index contributed by atoms with van der Waals surface area (Å²) in [6.07, 6.45) is 1.13. The molecule has 20 heavy (non-hydrogen) atoms. The van der Waals surface area contributed by atoms with E-state index in [9.17, 15) is 4.79 Å². The lowest BCUT2D eigenvalue weighted by molar-refractivity contribution is -0.127. The quantitative estimate of drug-likeness (QED) is 0.493. The highest BCUT2D eigenvalue weighted by Gasteiger charge is 2.06. The molecule has 0 spiro atoms. The first-order valence-corrected chi connectivity index (χ1v) is 7.57. The van der Waals surface area contributed by atoms with Gasteiger partial charge in [0.05, 0.1) is 33.0 Å². The van der Waals surface area contributed by atoms with Gasteiger partial charge >= 0.3 is 0 Å². The number of carbonyl (C=O) groups is 1. The maximum atomic E-state index is 11.3. The number of Topliss-reactive ketones (excluding diaryl/α,β-unsaturated/α-hetero) is 1. The van der Waals surface area contributed by atoms with Gasteiger partial charge in [0.1, 0.15) is 6.61 Å². The van der Waals surface area contributed by atoms with E-state index < -0.39 is 0 Å². The smallest absolute Gasteiger partial charge is 0.160 e. The predicted molar refractivity (Wildman–Crippen MR) is 80.1 cm³/mol. The topological polar surface area (TPSA) is 56.8 Å². The molecule has 1 N–H and O–H groups in total. The van der Waals surface area contributed by atoms with Crippen molar-refractivity contribution in [2.75, 3.05) is 46.2 Å². The van der Waals surface area contributed by atoms with Crippen LogP contribution < -0.4 is 5.32 Å². The Labute approximate surface area is 123 Å². The maximum absolute atomic E-state index is 11.3. The first kappa shape index (κ1) is 19.5. The van der Waals surface area contributed by atoms with E-state index in [0.29, 0.717) is 39.1 Å². The molecule has 1 unspecified atom stereocenters. The summed E-state index contributed by atoms with van der Waals surface area (Å²) >= 11 is 0. The van der Waals surface area contributed by atoms with Gasteiger partial charge in [0, 0.05) is 18.5 Å². The lowest BCUT2D eigenvalue weighted by atomic mass is 10.1. The fourth-order valence-electron chi connectivity index (χ4n) is 1.30. The molecule has 0 rings (SSSR count). The average Bonchev–Trinajstić information content (AvgIpc) is 2.43. The van der Waals surface area contributed by atoms with Gasteiger partial charge in [-0.25, -0.2) is 0 Å². The molecule has 0 aliphatic heterocycles. The van der Waals surface area contributed by atoms with Crippen LogP contribution in [0.5, 0.6) is 0 Å². The number of ether oxygens (including phenoxy) is 3. The fourth-order valence-corrected chi connectivity index (χ4v) is 1.30. The Morgan fingerprint density at radius 1 is 0.950 bits per heavy atom. The molecule has 0 aromatic heterocycles. The van der Waals surface area contributed by atoms with E-state index in [-0.39, 0.29) is 18.3 Å². The number of rotatable bonds is 14. The van der Waals surface area contributed by atoms with Crippen LogP contribution in [0, 0.1) is 5.92 Å². The molecule has 0 radical (unpaired) electrons. The van der Waals surface area contributed by atoms with Crippen LogP contribution in [0.4, 0.5) is 0 Å². The average molecular weight is 289 g/mol. The van der Waals surface area contributed by atoms with E-state index in [1.165, 1.54) is 0 Å². The van der Waals surface area contributed by atoms with E-state index in [1.54, 1.807) is 0 Å². The summed E-state index contributed by atoms with van der Waals surface area (Å²) in [4.78, 5) is 11.3. The monoisotopic (exact) mass is 289 g/mol. The third-order valence-corrected chi connectivity index (χ3v) is 2.98. The van der Waals surface area contributed by atoms with Crippen LogP contribution in [-0.2, 0) is 19.0 Å². The van der Waals surface area contributed by atoms with Crippen molar-refractivity contribution in [3.8, 4) is 0 Å². The number of hydrogen-bond donors (Lipinski definition) is 1. The van der Waals surface area contributed by atoms with Crippen LogP contribution in [-0.4, -0.2) is 58.0 Å². The van der Waals surface area contributed by atoms with E-state index in [0.717, 1.165) is 13.0 Å². The summed E-state index contributed by atoms with van der Waals surface area (Å²) < 4.78 is 16.0. The number of carbonyl (C=O) groups excluding carboxylic acids is 1. The molecular weight excluding hydrogens is 258 g/mol. The molecule has 0 aliphatic carbocycles. The second kappa shape index (κ2) is 13.5. The van der Waals surface area contributed by atoms with Gasteiger partial charge in [-0.1, -0.05) is 20.8 Å². The van der Waals surface area contributed by atoms with E-state index >= 15 is 0 Å². The van der Waals surface area contributed by atoms with Crippen molar-refractivity contribution in [3.05, 3.63) is 0 Å². The van der Waals surface area contributed by atoms with E-state index in [2.05, 4.69) is 19.2 Å². The third kappa shape index (κ3) is 12.5. The lowest BCUT2D eigenvalue weighted by Gasteiger charge is -2.11. The van der Waals surface area contributed by atoms with Crippen molar-refractivity contribution in [1.82, 2.24) is 5.32 Å². The zero-order valence-corrected chi connectivity index (χ0v) is 13.4. The Kier molecular flexibility index (Phi) is 13.2. The molecule has 0 aromatic carbocycles. The van der Waals surface area contributed by atoms with Gasteiger partial charge in [-0.05, 0) is 13.3 Å². The van der Waals surface area contributed by atoms with Gasteiger partial charge in [-0.3, -0.25) is 4.79 Å². The molecule has 0 saturated carbocycles. The van der Waals surface area contributed by atoms with Gasteiger partial charge in [0.25, 0.3) is 0 Å². The minimum absolute atomic E-state index is 0.0355. The SMILES string of the molecule is CCC(C)NCCOCCOCCOCC(=O)C(C)C. The molecule has 120 valence electrons. The van der Waals surface area contributed by atoms with Gasteiger partial charge in [-0.2, -0.15) is 0 Å². The first-order valence-electron chi connectivity index (χ1n) is 7.57. The van der Waals surface area contributed by atoms with E-state index in [1.807, 2.05) is 13.8 Å². The predicted octanol–water partition coefficient (Wildman–Crippen LogP) is 1.65. The normalized spacial score (nSPS) is 12.8.